The number of nitrogens with zero attached hydrogens (tertiary/aromatic N) is 1. The van der Waals surface area contributed by atoms with Gasteiger partial charge in [-0.2, -0.15) is 0 Å². The van der Waals surface area contributed by atoms with Crippen LogP contribution < -0.4 is 0 Å². The molecule has 16 heavy (non-hydrogen) atoms. The Labute approximate surface area is 97.6 Å². The average Bonchev–Trinajstić information content (AvgIpc) is 2.27. The lowest BCUT2D eigenvalue weighted by Gasteiger charge is -2.07. The molecule has 1 rings (SSSR count). The van der Waals surface area contributed by atoms with E-state index in [1.807, 2.05) is 25.1 Å². The van der Waals surface area contributed by atoms with Crippen LogP contribution in [0.2, 0.25) is 0 Å². The lowest BCUT2D eigenvalue weighted by molar-refractivity contribution is -0.123. The minimum absolute atomic E-state index is 0.0607. The molecule has 86 valence electrons. The fourth-order valence-electron chi connectivity index (χ4n) is 1.40. The van der Waals surface area contributed by atoms with Gasteiger partial charge in [0.15, 0.2) is 0 Å². The molecule has 0 aromatic heterocycles. The Hall–Kier alpha value is -1.57. The van der Waals surface area contributed by atoms with Crippen LogP contribution in [0.1, 0.15) is 18.9 Å². The van der Waals surface area contributed by atoms with Gasteiger partial charge < -0.3 is 4.90 Å². The Morgan fingerprint density at radius 2 is 1.88 bits per heavy atom. The Morgan fingerprint density at radius 1 is 1.25 bits per heavy atom. The molecular formula is C14H19NO. The summed E-state index contributed by atoms with van der Waals surface area (Å²) >= 11 is 0. The van der Waals surface area contributed by atoms with Crippen LogP contribution in [0.5, 0.6) is 0 Å². The molecule has 0 atom stereocenters. The van der Waals surface area contributed by atoms with Gasteiger partial charge in [0.1, 0.15) is 0 Å². The van der Waals surface area contributed by atoms with E-state index in [1.54, 1.807) is 25.1 Å². The van der Waals surface area contributed by atoms with E-state index >= 15 is 0 Å². The van der Waals surface area contributed by atoms with Crippen LogP contribution in [0.15, 0.2) is 42.0 Å². The van der Waals surface area contributed by atoms with Gasteiger partial charge in [-0.15, -0.1) is 0 Å². The van der Waals surface area contributed by atoms with Gasteiger partial charge in [-0.3, -0.25) is 4.79 Å². The van der Waals surface area contributed by atoms with Gasteiger partial charge in [0.25, 0.3) is 0 Å². The molecule has 2 heteroatoms. The van der Waals surface area contributed by atoms with Crippen LogP contribution in [0.25, 0.3) is 0 Å². The van der Waals surface area contributed by atoms with Crippen molar-refractivity contribution in [1.82, 2.24) is 4.90 Å². The lowest BCUT2D eigenvalue weighted by Crippen LogP contribution is -2.19. The van der Waals surface area contributed by atoms with Gasteiger partial charge in [0, 0.05) is 20.2 Å². The second kappa shape index (κ2) is 6.11. The Bertz CT molecular complexity index is 366. The largest absolute Gasteiger partial charge is 0.345 e. The van der Waals surface area contributed by atoms with E-state index in [-0.39, 0.29) is 5.91 Å². The number of aryl methyl sites for hydroxylation is 1. The SMILES string of the molecule is C/C(=C\C(=O)N(C)C)CCc1ccccc1. The summed E-state index contributed by atoms with van der Waals surface area (Å²) in [6, 6.07) is 10.3. The first kappa shape index (κ1) is 12.5. The lowest BCUT2D eigenvalue weighted by atomic mass is 10.1. The van der Waals surface area contributed by atoms with E-state index < -0.39 is 0 Å². The molecule has 0 fully saturated rings. The Kier molecular flexibility index (Phi) is 4.77. The summed E-state index contributed by atoms with van der Waals surface area (Å²) in [6.07, 6.45) is 3.64. The fourth-order valence-corrected chi connectivity index (χ4v) is 1.40. The molecule has 1 aromatic rings. The third-order valence-corrected chi connectivity index (χ3v) is 2.46. The zero-order valence-electron chi connectivity index (χ0n) is 10.2. The molecule has 0 heterocycles. The zero-order chi connectivity index (χ0) is 12.0. The predicted molar refractivity (Wildman–Crippen MR) is 67.2 cm³/mol. The van der Waals surface area contributed by atoms with Crippen molar-refractivity contribution < 1.29 is 4.79 Å². The Balaban J connectivity index is 2.47. The molecule has 0 aliphatic rings. The first-order valence-corrected chi connectivity index (χ1v) is 5.52. The number of benzene rings is 1. The molecule has 0 aliphatic heterocycles. The second-order valence-corrected chi connectivity index (χ2v) is 4.21. The van der Waals surface area contributed by atoms with Gasteiger partial charge in [-0.05, 0) is 25.3 Å². The highest BCUT2D eigenvalue weighted by molar-refractivity contribution is 5.87. The first-order valence-electron chi connectivity index (χ1n) is 5.52. The van der Waals surface area contributed by atoms with Crippen LogP contribution in [0, 0.1) is 0 Å². The molecule has 0 unspecified atom stereocenters. The monoisotopic (exact) mass is 217 g/mol. The fraction of sp³-hybridized carbons (Fsp3) is 0.357. The summed E-state index contributed by atoms with van der Waals surface area (Å²) in [5.74, 6) is 0.0607. The average molecular weight is 217 g/mol. The van der Waals surface area contributed by atoms with Gasteiger partial charge in [-0.1, -0.05) is 35.9 Å². The van der Waals surface area contributed by atoms with Crippen molar-refractivity contribution in [1.29, 1.82) is 0 Å². The van der Waals surface area contributed by atoms with E-state index in [0.29, 0.717) is 0 Å². The third-order valence-electron chi connectivity index (χ3n) is 2.46. The summed E-state index contributed by atoms with van der Waals surface area (Å²) in [7, 11) is 3.53. The molecule has 0 saturated carbocycles. The third kappa shape index (κ3) is 4.30. The van der Waals surface area contributed by atoms with Crippen LogP contribution in [0.3, 0.4) is 0 Å². The number of likely N-dealkylation sites (N-methyl/N-ethyl adjacent to an activating group) is 1. The summed E-state index contributed by atoms with van der Waals surface area (Å²) in [5, 5.41) is 0. The van der Waals surface area contributed by atoms with Crippen LogP contribution >= 0.6 is 0 Å². The second-order valence-electron chi connectivity index (χ2n) is 4.21. The van der Waals surface area contributed by atoms with E-state index in [1.165, 1.54) is 5.56 Å². The molecule has 0 bridgehead atoms. The summed E-state index contributed by atoms with van der Waals surface area (Å²) < 4.78 is 0. The van der Waals surface area contributed by atoms with Crippen molar-refractivity contribution in [3.63, 3.8) is 0 Å². The number of amides is 1. The molecule has 2 nitrogen and oxygen atoms in total. The minimum Gasteiger partial charge on any atom is -0.345 e. The number of carbonyl (C=O) groups excluding carboxylic acids is 1. The van der Waals surface area contributed by atoms with E-state index in [0.717, 1.165) is 18.4 Å². The number of hydrogen-bond donors (Lipinski definition) is 0. The topological polar surface area (TPSA) is 20.3 Å². The quantitative estimate of drug-likeness (QED) is 0.710. The maximum atomic E-state index is 11.4. The van der Waals surface area contributed by atoms with Gasteiger partial charge in [-0.25, -0.2) is 0 Å². The van der Waals surface area contributed by atoms with Crippen LogP contribution in [-0.4, -0.2) is 24.9 Å². The van der Waals surface area contributed by atoms with Crippen molar-refractivity contribution >= 4 is 5.91 Å². The van der Waals surface area contributed by atoms with E-state index in [4.69, 9.17) is 0 Å². The highest BCUT2D eigenvalue weighted by Crippen LogP contribution is 2.08. The maximum Gasteiger partial charge on any atom is 0.245 e. The van der Waals surface area contributed by atoms with Crippen LogP contribution in [0.4, 0.5) is 0 Å². The van der Waals surface area contributed by atoms with Crippen molar-refractivity contribution in [2.75, 3.05) is 14.1 Å². The highest BCUT2D eigenvalue weighted by Gasteiger charge is 2.00. The molecule has 0 radical (unpaired) electrons. The molecule has 0 spiro atoms. The number of allylic oxidation sites excluding steroid dienone is 1. The van der Waals surface area contributed by atoms with Gasteiger partial charge in [0.05, 0.1) is 0 Å². The summed E-state index contributed by atoms with van der Waals surface area (Å²) in [6.45, 7) is 2.00. The van der Waals surface area contributed by atoms with Crippen molar-refractivity contribution in [3.05, 3.63) is 47.5 Å². The summed E-state index contributed by atoms with van der Waals surface area (Å²) in [4.78, 5) is 13.0. The van der Waals surface area contributed by atoms with Crippen LogP contribution in [-0.2, 0) is 11.2 Å². The molecule has 0 aliphatic carbocycles. The highest BCUT2D eigenvalue weighted by atomic mass is 16.2. The molecular weight excluding hydrogens is 198 g/mol. The molecule has 0 saturated heterocycles. The first-order chi connectivity index (χ1) is 7.59. The molecule has 1 aromatic carbocycles. The van der Waals surface area contributed by atoms with Crippen molar-refractivity contribution in [3.8, 4) is 0 Å². The van der Waals surface area contributed by atoms with Gasteiger partial charge in [0.2, 0.25) is 5.91 Å². The molecule has 0 N–H and O–H groups in total. The van der Waals surface area contributed by atoms with Crippen molar-refractivity contribution in [2.45, 2.75) is 19.8 Å². The van der Waals surface area contributed by atoms with E-state index in [9.17, 15) is 4.79 Å². The number of carbonyl (C=O) groups is 1. The predicted octanol–water partition coefficient (Wildman–Crippen LogP) is 2.65. The maximum absolute atomic E-state index is 11.4. The number of rotatable bonds is 4. The number of hydrogen-bond acceptors (Lipinski definition) is 1. The normalized spacial score (nSPS) is 11.3. The summed E-state index contributed by atoms with van der Waals surface area (Å²) in [5.41, 5.74) is 2.44. The zero-order valence-corrected chi connectivity index (χ0v) is 10.2. The Morgan fingerprint density at radius 3 is 2.44 bits per heavy atom. The standard InChI is InChI=1S/C14H19NO/c1-12(11-14(16)15(2)3)9-10-13-7-5-4-6-8-13/h4-8,11H,9-10H2,1-3H3/b12-11+. The van der Waals surface area contributed by atoms with Crippen molar-refractivity contribution in [2.24, 2.45) is 0 Å². The van der Waals surface area contributed by atoms with Gasteiger partial charge >= 0.3 is 0 Å². The minimum atomic E-state index is 0.0607. The van der Waals surface area contributed by atoms with E-state index in [2.05, 4.69) is 12.1 Å². The molecule has 1 amide bonds. The smallest absolute Gasteiger partial charge is 0.245 e.